The van der Waals surface area contributed by atoms with Gasteiger partial charge in [-0.05, 0) is 46.6 Å². The summed E-state index contributed by atoms with van der Waals surface area (Å²) in [7, 11) is 0. The third kappa shape index (κ3) is 5.69. The van der Waals surface area contributed by atoms with Crippen LogP contribution in [0.25, 0.3) is 0 Å². The van der Waals surface area contributed by atoms with Crippen molar-refractivity contribution >= 4 is 0 Å². The Bertz CT molecular complexity index is 672. The number of aliphatic hydroxyl groups excluding tert-OH is 1. The van der Waals surface area contributed by atoms with Crippen LogP contribution in [0.5, 0.6) is 0 Å². The largest absolute Gasteiger partial charge is 0.388 e. The molecule has 0 aliphatic heterocycles. The van der Waals surface area contributed by atoms with Gasteiger partial charge < -0.3 is 5.11 Å². The predicted octanol–water partition coefficient (Wildman–Crippen LogP) is 7.38. The Hall–Kier alpha value is -1.60. The molecule has 3 atom stereocenters. The molecule has 148 valence electrons. The first-order valence-corrected chi connectivity index (χ1v) is 10.5. The lowest BCUT2D eigenvalue weighted by Gasteiger charge is -2.43. The zero-order valence-corrected chi connectivity index (χ0v) is 18.1. The van der Waals surface area contributed by atoms with Gasteiger partial charge in [-0.2, -0.15) is 0 Å². The monoisotopic (exact) mass is 366 g/mol. The molecule has 3 unspecified atom stereocenters. The van der Waals surface area contributed by atoms with Gasteiger partial charge in [0.25, 0.3) is 0 Å². The van der Waals surface area contributed by atoms with Crippen LogP contribution in [0, 0.1) is 16.7 Å². The Morgan fingerprint density at radius 3 is 1.70 bits per heavy atom. The lowest BCUT2D eigenvalue weighted by molar-refractivity contribution is 0.0753. The summed E-state index contributed by atoms with van der Waals surface area (Å²) in [5, 5.41) is 10.9. The molecule has 0 saturated carbocycles. The molecule has 0 bridgehead atoms. The van der Waals surface area contributed by atoms with Crippen LogP contribution in [-0.4, -0.2) is 5.11 Å². The van der Waals surface area contributed by atoms with Crippen LogP contribution in [0.4, 0.5) is 0 Å². The van der Waals surface area contributed by atoms with E-state index in [4.69, 9.17) is 0 Å². The van der Waals surface area contributed by atoms with Crippen molar-refractivity contribution in [3.05, 3.63) is 71.8 Å². The summed E-state index contributed by atoms with van der Waals surface area (Å²) in [5.74, 6) is 1.07. The highest BCUT2D eigenvalue weighted by atomic mass is 16.3. The molecule has 2 aromatic rings. The van der Waals surface area contributed by atoms with E-state index in [9.17, 15) is 5.11 Å². The number of aliphatic hydroxyl groups is 1. The highest BCUT2D eigenvalue weighted by molar-refractivity contribution is 5.23. The second-order valence-corrected chi connectivity index (χ2v) is 9.58. The summed E-state index contributed by atoms with van der Waals surface area (Å²) in [6, 6.07) is 21.0. The molecule has 0 radical (unpaired) electrons. The molecule has 0 heterocycles. The van der Waals surface area contributed by atoms with Gasteiger partial charge >= 0.3 is 0 Å². The van der Waals surface area contributed by atoms with Crippen LogP contribution >= 0.6 is 0 Å². The zero-order valence-electron chi connectivity index (χ0n) is 18.1. The summed E-state index contributed by atoms with van der Waals surface area (Å²) < 4.78 is 0. The summed E-state index contributed by atoms with van der Waals surface area (Å²) in [6.45, 7) is 14.1. The van der Waals surface area contributed by atoms with E-state index in [1.807, 2.05) is 30.3 Å². The van der Waals surface area contributed by atoms with Crippen molar-refractivity contribution in [1.29, 1.82) is 0 Å². The van der Waals surface area contributed by atoms with Crippen LogP contribution in [0.3, 0.4) is 0 Å². The maximum Gasteiger partial charge on any atom is 0.0795 e. The van der Waals surface area contributed by atoms with Crippen LogP contribution in [0.1, 0.15) is 84.0 Å². The maximum atomic E-state index is 10.9. The molecule has 0 saturated heterocycles. The van der Waals surface area contributed by atoms with Crippen molar-refractivity contribution in [2.75, 3.05) is 0 Å². The quantitative estimate of drug-likeness (QED) is 0.491. The van der Waals surface area contributed by atoms with Gasteiger partial charge in [0.15, 0.2) is 0 Å². The van der Waals surface area contributed by atoms with Crippen molar-refractivity contribution in [1.82, 2.24) is 0 Å². The van der Waals surface area contributed by atoms with Gasteiger partial charge in [0.2, 0.25) is 0 Å². The Morgan fingerprint density at radius 1 is 0.741 bits per heavy atom. The average Bonchev–Trinajstić information content (AvgIpc) is 2.66. The second-order valence-electron chi connectivity index (χ2n) is 9.58. The van der Waals surface area contributed by atoms with Gasteiger partial charge in [-0.15, -0.1) is 0 Å². The van der Waals surface area contributed by atoms with Crippen LogP contribution in [0.2, 0.25) is 0 Å². The fraction of sp³-hybridized carbons (Fsp3) is 0.538. The first-order valence-electron chi connectivity index (χ1n) is 10.5. The van der Waals surface area contributed by atoms with E-state index in [1.54, 1.807) is 0 Å². The molecular weight excluding hydrogens is 328 g/mol. The third-order valence-corrected chi connectivity index (χ3v) is 6.73. The van der Waals surface area contributed by atoms with Gasteiger partial charge in [-0.1, -0.05) is 109 Å². The van der Waals surface area contributed by atoms with Crippen LogP contribution in [0.15, 0.2) is 60.7 Å². The van der Waals surface area contributed by atoms with Gasteiger partial charge in [0.05, 0.1) is 6.10 Å². The first-order chi connectivity index (χ1) is 12.7. The predicted molar refractivity (Wildman–Crippen MR) is 117 cm³/mol. The molecule has 1 nitrogen and oxygen atoms in total. The number of hydrogen-bond donors (Lipinski definition) is 1. The van der Waals surface area contributed by atoms with E-state index in [-0.39, 0.29) is 10.8 Å². The minimum atomic E-state index is -0.431. The summed E-state index contributed by atoms with van der Waals surface area (Å²) >= 11 is 0. The second kappa shape index (κ2) is 9.06. The first kappa shape index (κ1) is 21.7. The van der Waals surface area contributed by atoms with Crippen molar-refractivity contribution in [2.45, 2.75) is 72.8 Å². The lowest BCUT2D eigenvalue weighted by atomic mass is 9.62. The Morgan fingerprint density at radius 2 is 1.22 bits per heavy atom. The molecule has 1 N–H and O–H groups in total. The summed E-state index contributed by atoms with van der Waals surface area (Å²) in [5.41, 5.74) is 2.64. The fourth-order valence-corrected chi connectivity index (χ4v) is 4.24. The molecule has 0 fully saturated rings. The molecular formula is C26H38O. The minimum absolute atomic E-state index is 0.0126. The molecule has 1 heteroatoms. The minimum Gasteiger partial charge on any atom is -0.388 e. The van der Waals surface area contributed by atoms with Crippen LogP contribution in [-0.2, 0) is 0 Å². The zero-order chi connectivity index (χ0) is 20.1. The van der Waals surface area contributed by atoms with Gasteiger partial charge in [-0.25, -0.2) is 0 Å². The average molecular weight is 367 g/mol. The smallest absolute Gasteiger partial charge is 0.0795 e. The Kier molecular flexibility index (Phi) is 7.28. The Balaban J connectivity index is 2.31. The van der Waals surface area contributed by atoms with Crippen molar-refractivity contribution in [3.63, 3.8) is 0 Å². The topological polar surface area (TPSA) is 20.2 Å². The molecule has 0 aromatic heterocycles. The maximum absolute atomic E-state index is 10.9. The third-order valence-electron chi connectivity index (χ3n) is 6.73. The molecule has 2 rings (SSSR count). The lowest BCUT2D eigenvalue weighted by Crippen LogP contribution is -2.32. The van der Waals surface area contributed by atoms with E-state index >= 15 is 0 Å². The molecule has 0 aliphatic rings. The van der Waals surface area contributed by atoms with Gasteiger partial charge in [0.1, 0.15) is 0 Å². The SMILES string of the molecule is CCC(C)C(C)(C)CC(c1ccccc1)C(C)(C)CC(O)c1ccccc1. The van der Waals surface area contributed by atoms with Crippen molar-refractivity contribution in [3.8, 4) is 0 Å². The molecule has 2 aromatic carbocycles. The fourth-order valence-electron chi connectivity index (χ4n) is 4.24. The van der Waals surface area contributed by atoms with Crippen molar-refractivity contribution in [2.24, 2.45) is 16.7 Å². The molecule has 0 amide bonds. The van der Waals surface area contributed by atoms with E-state index in [1.165, 1.54) is 12.0 Å². The standard InChI is InChI=1S/C26H38O/c1-7-20(2)25(3,4)18-23(21-14-10-8-11-15-21)26(5,6)19-24(27)22-16-12-9-13-17-22/h8-17,20,23-24,27H,7,18-19H2,1-6H3. The van der Waals surface area contributed by atoms with E-state index in [0.29, 0.717) is 11.8 Å². The summed E-state index contributed by atoms with van der Waals surface area (Å²) in [6.07, 6.45) is 2.65. The van der Waals surface area contributed by atoms with Crippen molar-refractivity contribution < 1.29 is 5.11 Å². The highest BCUT2D eigenvalue weighted by Gasteiger charge is 2.38. The van der Waals surface area contributed by atoms with Crippen LogP contribution < -0.4 is 0 Å². The highest BCUT2D eigenvalue weighted by Crippen LogP contribution is 2.49. The normalized spacial score (nSPS) is 16.0. The molecule has 27 heavy (non-hydrogen) atoms. The van der Waals surface area contributed by atoms with Gasteiger partial charge in [0, 0.05) is 0 Å². The number of benzene rings is 2. The van der Waals surface area contributed by atoms with Gasteiger partial charge in [-0.3, -0.25) is 0 Å². The van der Waals surface area contributed by atoms with E-state index in [0.717, 1.165) is 18.4 Å². The summed E-state index contributed by atoms with van der Waals surface area (Å²) in [4.78, 5) is 0. The van der Waals surface area contributed by atoms with E-state index < -0.39 is 6.10 Å². The van der Waals surface area contributed by atoms with E-state index in [2.05, 4.69) is 71.9 Å². The number of rotatable bonds is 9. The molecule has 0 spiro atoms. The molecule has 0 aliphatic carbocycles. The Labute approximate surface area is 166 Å². The number of hydrogen-bond acceptors (Lipinski definition) is 1.